The van der Waals surface area contributed by atoms with Gasteiger partial charge in [-0.2, -0.15) is 5.10 Å². The molecule has 0 aliphatic rings. The van der Waals surface area contributed by atoms with Gasteiger partial charge >= 0.3 is 0 Å². The van der Waals surface area contributed by atoms with Crippen LogP contribution in [0.3, 0.4) is 0 Å². The molecule has 0 fully saturated rings. The lowest BCUT2D eigenvalue weighted by Crippen LogP contribution is -2.06. The van der Waals surface area contributed by atoms with Crippen molar-refractivity contribution in [1.29, 1.82) is 0 Å². The Morgan fingerprint density at radius 1 is 1.67 bits per heavy atom. The van der Waals surface area contributed by atoms with Gasteiger partial charge in [-0.1, -0.05) is 13.0 Å². The van der Waals surface area contributed by atoms with Crippen molar-refractivity contribution >= 4 is 5.78 Å². The van der Waals surface area contributed by atoms with E-state index in [0.717, 1.165) is 30.7 Å². The highest BCUT2D eigenvalue weighted by Gasteiger charge is 2.11. The molecule has 0 N–H and O–H groups in total. The number of Topliss-reactive ketones (excluding diaryl/α,β-unsaturated/α-hetero) is 1. The van der Waals surface area contributed by atoms with Crippen LogP contribution in [0.2, 0.25) is 0 Å². The second kappa shape index (κ2) is 5.49. The molecule has 0 spiro atoms. The number of ketones is 1. The summed E-state index contributed by atoms with van der Waals surface area (Å²) in [4.78, 5) is 11.8. The smallest absolute Gasteiger partial charge is 0.180 e. The third kappa shape index (κ3) is 3.05. The molecule has 0 radical (unpaired) electrons. The summed E-state index contributed by atoms with van der Waals surface area (Å²) in [6.07, 6.45) is 5.05. The topological polar surface area (TPSA) is 34.9 Å². The van der Waals surface area contributed by atoms with Gasteiger partial charge in [0.15, 0.2) is 5.78 Å². The quantitative estimate of drug-likeness (QED) is 0.407. The Balaban J connectivity index is 2.64. The molecule has 1 heterocycles. The molecule has 82 valence electrons. The molecule has 0 amide bonds. The molecule has 1 rings (SSSR count). The molecule has 0 saturated heterocycles. The van der Waals surface area contributed by atoms with Gasteiger partial charge < -0.3 is 0 Å². The van der Waals surface area contributed by atoms with Crippen LogP contribution in [0.5, 0.6) is 0 Å². The van der Waals surface area contributed by atoms with Crippen LogP contribution in [0, 0.1) is 0 Å². The second-order valence-corrected chi connectivity index (χ2v) is 3.60. The number of hydrogen-bond donors (Lipinski definition) is 0. The number of allylic oxidation sites excluding steroid dienone is 1. The molecule has 3 nitrogen and oxygen atoms in total. The lowest BCUT2D eigenvalue weighted by atomic mass is 10.1. The van der Waals surface area contributed by atoms with Crippen molar-refractivity contribution in [3.8, 4) is 0 Å². The van der Waals surface area contributed by atoms with Gasteiger partial charge in [0.2, 0.25) is 0 Å². The van der Waals surface area contributed by atoms with E-state index in [1.54, 1.807) is 4.68 Å². The summed E-state index contributed by atoms with van der Waals surface area (Å²) >= 11 is 0. The molecule has 1 aromatic heterocycles. The van der Waals surface area contributed by atoms with E-state index in [0.29, 0.717) is 6.42 Å². The lowest BCUT2D eigenvalue weighted by Gasteiger charge is -1.99. The number of aromatic nitrogens is 2. The molecular weight excluding hydrogens is 188 g/mol. The zero-order valence-corrected chi connectivity index (χ0v) is 9.49. The first kappa shape index (κ1) is 11.7. The first-order valence-corrected chi connectivity index (χ1v) is 5.36. The average molecular weight is 206 g/mol. The Morgan fingerprint density at radius 2 is 2.40 bits per heavy atom. The molecule has 0 bridgehead atoms. The number of carbonyl (C=O) groups is 1. The second-order valence-electron chi connectivity index (χ2n) is 3.60. The van der Waals surface area contributed by atoms with E-state index >= 15 is 0 Å². The summed E-state index contributed by atoms with van der Waals surface area (Å²) in [7, 11) is 1.82. The maximum Gasteiger partial charge on any atom is 0.180 e. The largest absolute Gasteiger partial charge is 0.292 e. The molecule has 0 aromatic carbocycles. The highest BCUT2D eigenvalue weighted by atomic mass is 16.1. The van der Waals surface area contributed by atoms with Crippen LogP contribution in [0.15, 0.2) is 18.7 Å². The predicted octanol–water partition coefficient (Wildman–Crippen LogP) is 2.52. The van der Waals surface area contributed by atoms with E-state index in [1.165, 1.54) is 0 Å². The summed E-state index contributed by atoms with van der Waals surface area (Å²) in [5.74, 6) is 0.173. The predicted molar refractivity (Wildman–Crippen MR) is 61.0 cm³/mol. The maximum absolute atomic E-state index is 11.8. The van der Waals surface area contributed by atoms with Gasteiger partial charge in [0.1, 0.15) is 5.69 Å². The molecule has 0 saturated carbocycles. The van der Waals surface area contributed by atoms with Gasteiger partial charge in [0, 0.05) is 13.5 Å². The van der Waals surface area contributed by atoms with E-state index in [2.05, 4.69) is 11.7 Å². The van der Waals surface area contributed by atoms with E-state index in [9.17, 15) is 4.79 Å². The number of aryl methyl sites for hydroxylation is 2. The minimum atomic E-state index is 0.173. The Labute approximate surface area is 90.8 Å². The maximum atomic E-state index is 11.8. The Hall–Kier alpha value is -1.38. The van der Waals surface area contributed by atoms with Crippen molar-refractivity contribution in [3.63, 3.8) is 0 Å². The first-order valence-electron chi connectivity index (χ1n) is 5.36. The van der Waals surface area contributed by atoms with Crippen molar-refractivity contribution in [2.24, 2.45) is 7.05 Å². The van der Waals surface area contributed by atoms with E-state index in [1.807, 2.05) is 26.1 Å². The van der Waals surface area contributed by atoms with E-state index in [-0.39, 0.29) is 5.78 Å². The minimum Gasteiger partial charge on any atom is -0.292 e. The van der Waals surface area contributed by atoms with E-state index < -0.39 is 0 Å². The van der Waals surface area contributed by atoms with E-state index in [4.69, 9.17) is 0 Å². The number of unbranched alkanes of at least 4 members (excludes halogenated alkanes) is 1. The van der Waals surface area contributed by atoms with Crippen molar-refractivity contribution in [1.82, 2.24) is 9.78 Å². The van der Waals surface area contributed by atoms with Gasteiger partial charge in [0.25, 0.3) is 0 Å². The molecule has 0 atom stereocenters. The van der Waals surface area contributed by atoms with Crippen LogP contribution in [0.1, 0.15) is 42.4 Å². The number of carbonyl (C=O) groups excluding carboxylic acids is 1. The summed E-state index contributed by atoms with van der Waals surface area (Å²) in [5, 5.41) is 4.25. The molecule has 15 heavy (non-hydrogen) atoms. The number of hydrogen-bond acceptors (Lipinski definition) is 2. The summed E-state index contributed by atoms with van der Waals surface area (Å²) in [6, 6.07) is 1.89. The van der Waals surface area contributed by atoms with Gasteiger partial charge in [-0.25, -0.2) is 0 Å². The van der Waals surface area contributed by atoms with Gasteiger partial charge in [-0.3, -0.25) is 9.48 Å². The average Bonchev–Trinajstić information content (AvgIpc) is 2.60. The molecule has 0 aliphatic heterocycles. The number of rotatable bonds is 6. The van der Waals surface area contributed by atoms with Gasteiger partial charge in [-0.15, -0.1) is 6.58 Å². The monoisotopic (exact) mass is 206 g/mol. The fraction of sp³-hybridized carbons (Fsp3) is 0.500. The van der Waals surface area contributed by atoms with Crippen molar-refractivity contribution < 1.29 is 4.79 Å². The normalized spacial score (nSPS) is 10.3. The molecular formula is C12H18N2O. The summed E-state index contributed by atoms with van der Waals surface area (Å²) < 4.78 is 1.68. The van der Waals surface area contributed by atoms with Crippen molar-refractivity contribution in [2.75, 3.05) is 0 Å². The lowest BCUT2D eigenvalue weighted by molar-refractivity contribution is 0.0971. The van der Waals surface area contributed by atoms with Crippen LogP contribution < -0.4 is 0 Å². The van der Waals surface area contributed by atoms with Gasteiger partial charge in [-0.05, 0) is 25.3 Å². The summed E-state index contributed by atoms with van der Waals surface area (Å²) in [6.45, 7) is 5.67. The fourth-order valence-corrected chi connectivity index (χ4v) is 1.50. The molecule has 1 aromatic rings. The highest BCUT2D eigenvalue weighted by Crippen LogP contribution is 2.09. The standard InChI is InChI=1S/C12H18N2O/c1-4-6-7-8-12(15)11-9-10(5-2)13-14(11)3/h4,9H,1,5-8H2,2-3H3. The number of nitrogens with zero attached hydrogens (tertiary/aromatic N) is 2. The van der Waals surface area contributed by atoms with Crippen LogP contribution in [-0.4, -0.2) is 15.6 Å². The highest BCUT2D eigenvalue weighted by molar-refractivity contribution is 5.94. The Kier molecular flexibility index (Phi) is 4.28. The molecule has 0 aliphatic carbocycles. The fourth-order valence-electron chi connectivity index (χ4n) is 1.50. The Morgan fingerprint density at radius 3 is 2.93 bits per heavy atom. The van der Waals surface area contributed by atoms with Crippen molar-refractivity contribution in [2.45, 2.75) is 32.6 Å². The molecule has 3 heteroatoms. The Bertz CT molecular complexity index is 353. The van der Waals surface area contributed by atoms with Crippen LogP contribution >= 0.6 is 0 Å². The minimum absolute atomic E-state index is 0.173. The third-order valence-electron chi connectivity index (χ3n) is 2.39. The van der Waals surface area contributed by atoms with Crippen LogP contribution in [0.25, 0.3) is 0 Å². The zero-order chi connectivity index (χ0) is 11.3. The first-order chi connectivity index (χ1) is 7.19. The SMILES string of the molecule is C=CCCCC(=O)c1cc(CC)nn1C. The third-order valence-corrected chi connectivity index (χ3v) is 2.39. The summed E-state index contributed by atoms with van der Waals surface area (Å²) in [5.41, 5.74) is 1.69. The zero-order valence-electron chi connectivity index (χ0n) is 9.49. The van der Waals surface area contributed by atoms with Crippen molar-refractivity contribution in [3.05, 3.63) is 30.1 Å². The van der Waals surface area contributed by atoms with Crippen LogP contribution in [0.4, 0.5) is 0 Å². The van der Waals surface area contributed by atoms with Gasteiger partial charge in [0.05, 0.1) is 5.69 Å². The van der Waals surface area contributed by atoms with Crippen LogP contribution in [-0.2, 0) is 13.5 Å². The molecule has 0 unspecified atom stereocenters.